The number of nitrogens with two attached hydrogens (primary N) is 1. The molecular formula is C18H24N4S. The lowest BCUT2D eigenvalue weighted by Gasteiger charge is -2.43. The van der Waals surface area contributed by atoms with E-state index in [0.29, 0.717) is 11.7 Å². The zero-order valence-corrected chi connectivity index (χ0v) is 14.3. The van der Waals surface area contributed by atoms with Crippen molar-refractivity contribution in [2.45, 2.75) is 56.9 Å². The molecule has 0 aromatic carbocycles. The normalized spacial score (nSPS) is 31.2. The Morgan fingerprint density at radius 3 is 2.87 bits per heavy atom. The summed E-state index contributed by atoms with van der Waals surface area (Å²) in [7, 11) is 0. The van der Waals surface area contributed by atoms with E-state index < -0.39 is 0 Å². The number of nitrogen functional groups attached to an aromatic ring is 1. The van der Waals surface area contributed by atoms with E-state index in [1.165, 1.54) is 73.9 Å². The Labute approximate surface area is 141 Å². The van der Waals surface area contributed by atoms with Gasteiger partial charge in [0.25, 0.3) is 0 Å². The first-order valence-electron chi connectivity index (χ1n) is 9.07. The third kappa shape index (κ3) is 2.20. The molecule has 2 fully saturated rings. The quantitative estimate of drug-likeness (QED) is 0.915. The van der Waals surface area contributed by atoms with E-state index in [4.69, 9.17) is 5.73 Å². The van der Waals surface area contributed by atoms with Crippen molar-refractivity contribution in [3.8, 4) is 0 Å². The highest BCUT2D eigenvalue weighted by Gasteiger charge is 2.38. The molecule has 2 aromatic rings. The first kappa shape index (κ1) is 14.2. The topological polar surface area (TPSA) is 55.0 Å². The average Bonchev–Trinajstić information content (AvgIpc) is 3.04. The number of rotatable bonds is 2. The summed E-state index contributed by atoms with van der Waals surface area (Å²) in [5.41, 5.74) is 7.74. The number of hydrogen-bond acceptors (Lipinski definition) is 5. The highest BCUT2D eigenvalue weighted by molar-refractivity contribution is 7.19. The third-order valence-corrected chi connectivity index (χ3v) is 7.52. The van der Waals surface area contributed by atoms with E-state index in [0.717, 1.165) is 16.8 Å². The predicted octanol–water partition coefficient (Wildman–Crippen LogP) is 3.57. The molecule has 0 radical (unpaired) electrons. The maximum atomic E-state index is 6.22. The molecule has 5 heteroatoms. The van der Waals surface area contributed by atoms with Gasteiger partial charge < -0.3 is 10.6 Å². The maximum absolute atomic E-state index is 6.22. The number of fused-ring (bicyclic) bond motifs is 3. The Balaban J connectivity index is 1.48. The molecule has 0 amide bonds. The first-order chi connectivity index (χ1) is 11.3. The Morgan fingerprint density at radius 2 is 2.04 bits per heavy atom. The summed E-state index contributed by atoms with van der Waals surface area (Å²) < 4.78 is 0. The van der Waals surface area contributed by atoms with Crippen molar-refractivity contribution in [3.05, 3.63) is 16.8 Å². The second-order valence-corrected chi connectivity index (χ2v) is 8.58. The minimum Gasteiger partial charge on any atom is -0.383 e. The van der Waals surface area contributed by atoms with Crippen molar-refractivity contribution in [2.75, 3.05) is 18.8 Å². The van der Waals surface area contributed by atoms with E-state index in [1.807, 2.05) is 11.3 Å². The van der Waals surface area contributed by atoms with Gasteiger partial charge in [0.1, 0.15) is 17.0 Å². The molecule has 23 heavy (non-hydrogen) atoms. The molecule has 122 valence electrons. The van der Waals surface area contributed by atoms with E-state index in [9.17, 15) is 0 Å². The fourth-order valence-corrected chi connectivity index (χ4v) is 6.34. The summed E-state index contributed by atoms with van der Waals surface area (Å²) in [6.07, 6.45) is 11.1. The molecule has 0 bridgehead atoms. The lowest BCUT2D eigenvalue weighted by atomic mass is 9.74. The van der Waals surface area contributed by atoms with Gasteiger partial charge in [-0.2, -0.15) is 0 Å². The molecule has 3 heterocycles. The molecule has 1 aliphatic heterocycles. The monoisotopic (exact) mass is 328 g/mol. The van der Waals surface area contributed by atoms with Crippen LogP contribution in [-0.2, 0) is 6.42 Å². The van der Waals surface area contributed by atoms with Crippen LogP contribution in [0.1, 0.15) is 54.9 Å². The van der Waals surface area contributed by atoms with Gasteiger partial charge in [0.2, 0.25) is 0 Å². The number of likely N-dealkylation sites (tertiary alicyclic amines) is 1. The van der Waals surface area contributed by atoms with Crippen molar-refractivity contribution in [1.82, 2.24) is 14.9 Å². The SMILES string of the molecule is Nc1ncnc2sc3c(c12)C(C1CCC[C@H](N2CCC2)C1)CC3. The molecular weight excluding hydrogens is 304 g/mol. The summed E-state index contributed by atoms with van der Waals surface area (Å²) >= 11 is 1.85. The van der Waals surface area contributed by atoms with Crippen molar-refractivity contribution >= 4 is 27.4 Å². The number of anilines is 1. The highest BCUT2D eigenvalue weighted by atomic mass is 32.1. The molecule has 2 aromatic heterocycles. The van der Waals surface area contributed by atoms with Crippen molar-refractivity contribution in [1.29, 1.82) is 0 Å². The fraction of sp³-hybridized carbons (Fsp3) is 0.667. The summed E-state index contributed by atoms with van der Waals surface area (Å²) in [6, 6.07) is 0.838. The molecule has 5 rings (SSSR count). The minimum atomic E-state index is 0.689. The van der Waals surface area contributed by atoms with Gasteiger partial charge in [-0.15, -0.1) is 11.3 Å². The van der Waals surface area contributed by atoms with Crippen LogP contribution < -0.4 is 5.73 Å². The van der Waals surface area contributed by atoms with Crippen LogP contribution >= 0.6 is 11.3 Å². The Morgan fingerprint density at radius 1 is 1.13 bits per heavy atom. The second-order valence-electron chi connectivity index (χ2n) is 7.49. The van der Waals surface area contributed by atoms with E-state index in [2.05, 4.69) is 14.9 Å². The molecule has 3 aliphatic rings. The minimum absolute atomic E-state index is 0.689. The van der Waals surface area contributed by atoms with Crippen molar-refractivity contribution in [3.63, 3.8) is 0 Å². The van der Waals surface area contributed by atoms with E-state index in [-0.39, 0.29) is 0 Å². The van der Waals surface area contributed by atoms with Crippen LogP contribution in [0, 0.1) is 5.92 Å². The van der Waals surface area contributed by atoms with E-state index in [1.54, 1.807) is 6.33 Å². The lowest BCUT2D eigenvalue weighted by Crippen LogP contribution is -2.47. The van der Waals surface area contributed by atoms with Crippen LogP contribution in [-0.4, -0.2) is 34.0 Å². The van der Waals surface area contributed by atoms with Gasteiger partial charge in [0.05, 0.1) is 5.39 Å². The Hall–Kier alpha value is -1.20. The third-order valence-electron chi connectivity index (χ3n) is 6.35. The van der Waals surface area contributed by atoms with Crippen LogP contribution in [0.3, 0.4) is 0 Å². The van der Waals surface area contributed by atoms with Gasteiger partial charge in [-0.25, -0.2) is 9.97 Å². The van der Waals surface area contributed by atoms with Gasteiger partial charge in [-0.1, -0.05) is 6.42 Å². The van der Waals surface area contributed by atoms with Crippen LogP contribution in [0.2, 0.25) is 0 Å². The number of aryl methyl sites for hydroxylation is 1. The van der Waals surface area contributed by atoms with Gasteiger partial charge >= 0.3 is 0 Å². The van der Waals surface area contributed by atoms with Gasteiger partial charge in [-0.3, -0.25) is 0 Å². The molecule has 0 spiro atoms. The lowest BCUT2D eigenvalue weighted by molar-refractivity contribution is 0.0683. The zero-order valence-electron chi connectivity index (χ0n) is 13.5. The molecule has 1 saturated carbocycles. The number of hydrogen-bond donors (Lipinski definition) is 1. The van der Waals surface area contributed by atoms with Gasteiger partial charge in [-0.05, 0) is 69.0 Å². The number of thiophene rings is 1. The largest absolute Gasteiger partial charge is 0.383 e. The van der Waals surface area contributed by atoms with Gasteiger partial charge in [0.15, 0.2) is 0 Å². The van der Waals surface area contributed by atoms with Crippen molar-refractivity contribution < 1.29 is 0 Å². The van der Waals surface area contributed by atoms with Crippen LogP contribution in [0.25, 0.3) is 10.2 Å². The summed E-state index contributed by atoms with van der Waals surface area (Å²) in [5.74, 6) is 2.21. The number of aromatic nitrogens is 2. The molecule has 4 nitrogen and oxygen atoms in total. The molecule has 1 saturated heterocycles. The second kappa shape index (κ2) is 5.42. The van der Waals surface area contributed by atoms with Crippen molar-refractivity contribution in [2.24, 2.45) is 5.92 Å². The molecule has 2 unspecified atom stereocenters. The van der Waals surface area contributed by atoms with Crippen LogP contribution in [0.15, 0.2) is 6.33 Å². The number of nitrogens with zero attached hydrogens (tertiary/aromatic N) is 3. The predicted molar refractivity (Wildman–Crippen MR) is 94.8 cm³/mol. The molecule has 2 aliphatic carbocycles. The van der Waals surface area contributed by atoms with Crippen LogP contribution in [0.4, 0.5) is 5.82 Å². The highest BCUT2D eigenvalue weighted by Crippen LogP contribution is 2.51. The first-order valence-corrected chi connectivity index (χ1v) is 9.88. The molecule has 2 N–H and O–H groups in total. The van der Waals surface area contributed by atoms with E-state index >= 15 is 0 Å². The Kier molecular flexibility index (Phi) is 3.34. The van der Waals surface area contributed by atoms with Crippen LogP contribution in [0.5, 0.6) is 0 Å². The molecule has 3 atom stereocenters. The van der Waals surface area contributed by atoms with Gasteiger partial charge in [0, 0.05) is 10.9 Å². The maximum Gasteiger partial charge on any atom is 0.135 e. The standard InChI is InChI=1S/C18H24N4S/c19-17-16-15-13(5-6-14(15)23-18(16)21-10-20-17)11-3-1-4-12(9-11)22-7-2-8-22/h10-13H,1-9H2,(H2,19,20,21)/t11?,12-,13?/m0/s1. The summed E-state index contributed by atoms with van der Waals surface area (Å²) in [6.45, 7) is 2.66. The fourth-order valence-electron chi connectivity index (χ4n) is 5.11. The smallest absolute Gasteiger partial charge is 0.135 e. The zero-order chi connectivity index (χ0) is 15.4. The summed E-state index contributed by atoms with van der Waals surface area (Å²) in [4.78, 5) is 14.1. The summed E-state index contributed by atoms with van der Waals surface area (Å²) in [5, 5.41) is 1.18. The average molecular weight is 328 g/mol. The Bertz CT molecular complexity index is 736.